The summed E-state index contributed by atoms with van der Waals surface area (Å²) in [5.74, 6) is 0. The Labute approximate surface area is 87.7 Å². The molecule has 84 valence electrons. The maximum Gasteiger partial charge on any atom is 0.0446 e. The summed E-state index contributed by atoms with van der Waals surface area (Å²) in [7, 11) is 2.17. The molecular weight excluding hydrogens is 176 g/mol. The van der Waals surface area contributed by atoms with E-state index in [2.05, 4.69) is 30.7 Å². The van der Waals surface area contributed by atoms with Crippen molar-refractivity contribution in [2.24, 2.45) is 0 Å². The maximum atomic E-state index is 9.01. The van der Waals surface area contributed by atoms with Crippen LogP contribution in [-0.4, -0.2) is 60.3 Å². The normalized spacial score (nSPS) is 31.7. The van der Waals surface area contributed by atoms with E-state index in [9.17, 15) is 0 Å². The molecule has 0 radical (unpaired) electrons. The minimum atomic E-state index is 0.306. The first-order valence-electron chi connectivity index (χ1n) is 5.74. The fraction of sp³-hybridized carbons (Fsp3) is 1.00. The van der Waals surface area contributed by atoms with Gasteiger partial charge in [0.05, 0.1) is 0 Å². The number of hydrogen-bond acceptors (Lipinski definition) is 3. The predicted molar refractivity (Wildman–Crippen MR) is 59.4 cm³/mol. The average molecular weight is 200 g/mol. The van der Waals surface area contributed by atoms with E-state index in [1.807, 2.05) is 0 Å². The molecule has 0 aromatic rings. The average Bonchev–Trinajstić information content (AvgIpc) is 2.31. The van der Waals surface area contributed by atoms with Crippen molar-refractivity contribution in [2.75, 3.05) is 33.3 Å². The van der Waals surface area contributed by atoms with Crippen LogP contribution in [0.2, 0.25) is 0 Å². The fourth-order valence-corrected chi connectivity index (χ4v) is 2.25. The molecule has 2 atom stereocenters. The molecule has 0 bridgehead atoms. The Balaban J connectivity index is 2.56. The summed E-state index contributed by atoms with van der Waals surface area (Å²) in [6, 6.07) is 1.22. The highest BCUT2D eigenvalue weighted by molar-refractivity contribution is 4.81. The molecular formula is C11H24N2O. The van der Waals surface area contributed by atoms with Crippen LogP contribution in [0.4, 0.5) is 0 Å². The second-order valence-corrected chi connectivity index (χ2v) is 4.37. The Hall–Kier alpha value is -0.120. The van der Waals surface area contributed by atoms with Gasteiger partial charge in [0.15, 0.2) is 0 Å². The van der Waals surface area contributed by atoms with Crippen molar-refractivity contribution in [3.8, 4) is 0 Å². The second kappa shape index (κ2) is 5.69. The number of aliphatic hydroxyl groups is 1. The van der Waals surface area contributed by atoms with E-state index in [0.717, 1.165) is 26.1 Å². The van der Waals surface area contributed by atoms with E-state index in [4.69, 9.17) is 5.11 Å². The summed E-state index contributed by atoms with van der Waals surface area (Å²) in [4.78, 5) is 4.91. The molecule has 0 saturated carbocycles. The fourth-order valence-electron chi connectivity index (χ4n) is 2.25. The third-order valence-corrected chi connectivity index (χ3v) is 3.46. The highest BCUT2D eigenvalue weighted by atomic mass is 16.3. The minimum absolute atomic E-state index is 0.306. The predicted octanol–water partition coefficient (Wildman–Crippen LogP) is 0.783. The van der Waals surface area contributed by atoms with Crippen molar-refractivity contribution in [1.82, 2.24) is 9.80 Å². The molecule has 14 heavy (non-hydrogen) atoms. The van der Waals surface area contributed by atoms with Crippen LogP contribution in [0.5, 0.6) is 0 Å². The molecule has 1 fully saturated rings. The van der Waals surface area contributed by atoms with Gasteiger partial charge in [0.2, 0.25) is 0 Å². The van der Waals surface area contributed by atoms with E-state index in [0.29, 0.717) is 18.7 Å². The van der Waals surface area contributed by atoms with Crippen molar-refractivity contribution >= 4 is 0 Å². The van der Waals surface area contributed by atoms with E-state index in [1.54, 1.807) is 0 Å². The third kappa shape index (κ3) is 2.94. The summed E-state index contributed by atoms with van der Waals surface area (Å²) in [5.41, 5.74) is 0. The largest absolute Gasteiger partial charge is 0.396 e. The standard InChI is InChI=1S/C11H24N2O/c1-4-13-9-11(6-8-14)12(3)7-5-10(13)2/h10-11,14H,4-9H2,1-3H3. The molecule has 0 spiro atoms. The molecule has 1 rings (SSSR count). The van der Waals surface area contributed by atoms with Gasteiger partial charge in [-0.25, -0.2) is 0 Å². The summed E-state index contributed by atoms with van der Waals surface area (Å²) in [5, 5.41) is 9.01. The van der Waals surface area contributed by atoms with Crippen molar-refractivity contribution in [3.63, 3.8) is 0 Å². The van der Waals surface area contributed by atoms with Gasteiger partial charge < -0.3 is 10.0 Å². The molecule has 0 aromatic carbocycles. The quantitative estimate of drug-likeness (QED) is 0.729. The highest BCUT2D eigenvalue weighted by Crippen LogP contribution is 2.15. The summed E-state index contributed by atoms with van der Waals surface area (Å²) < 4.78 is 0. The van der Waals surface area contributed by atoms with E-state index >= 15 is 0 Å². The zero-order valence-electron chi connectivity index (χ0n) is 9.74. The summed E-state index contributed by atoms with van der Waals surface area (Å²) >= 11 is 0. The Morgan fingerprint density at radius 2 is 2.14 bits per heavy atom. The van der Waals surface area contributed by atoms with Gasteiger partial charge in [-0.15, -0.1) is 0 Å². The van der Waals surface area contributed by atoms with Gasteiger partial charge in [-0.3, -0.25) is 4.90 Å². The van der Waals surface area contributed by atoms with Crippen molar-refractivity contribution in [1.29, 1.82) is 0 Å². The summed E-state index contributed by atoms with van der Waals surface area (Å²) in [6.45, 7) is 8.21. The lowest BCUT2D eigenvalue weighted by atomic mass is 10.2. The first kappa shape index (κ1) is 12.0. The van der Waals surface area contributed by atoms with Crippen molar-refractivity contribution < 1.29 is 5.11 Å². The lowest BCUT2D eigenvalue weighted by molar-refractivity contribution is 0.156. The molecule has 3 nitrogen and oxygen atoms in total. The molecule has 2 unspecified atom stereocenters. The van der Waals surface area contributed by atoms with E-state index < -0.39 is 0 Å². The molecule has 1 N–H and O–H groups in total. The molecule has 0 aliphatic carbocycles. The van der Waals surface area contributed by atoms with Crippen LogP contribution in [0.1, 0.15) is 26.7 Å². The molecule has 1 saturated heterocycles. The van der Waals surface area contributed by atoms with Crippen LogP contribution >= 0.6 is 0 Å². The van der Waals surface area contributed by atoms with Crippen LogP contribution in [0, 0.1) is 0 Å². The highest BCUT2D eigenvalue weighted by Gasteiger charge is 2.24. The minimum Gasteiger partial charge on any atom is -0.396 e. The maximum absolute atomic E-state index is 9.01. The van der Waals surface area contributed by atoms with Gasteiger partial charge in [-0.1, -0.05) is 6.92 Å². The van der Waals surface area contributed by atoms with Crippen LogP contribution < -0.4 is 0 Å². The first-order valence-corrected chi connectivity index (χ1v) is 5.74. The number of nitrogens with zero attached hydrogens (tertiary/aromatic N) is 2. The van der Waals surface area contributed by atoms with Crippen LogP contribution in [0.15, 0.2) is 0 Å². The topological polar surface area (TPSA) is 26.7 Å². The Bertz CT molecular complexity index is 163. The smallest absolute Gasteiger partial charge is 0.0446 e. The molecule has 1 aliphatic heterocycles. The second-order valence-electron chi connectivity index (χ2n) is 4.37. The van der Waals surface area contributed by atoms with Gasteiger partial charge in [0.1, 0.15) is 0 Å². The van der Waals surface area contributed by atoms with Crippen molar-refractivity contribution in [2.45, 2.75) is 38.8 Å². The van der Waals surface area contributed by atoms with Crippen molar-refractivity contribution in [3.05, 3.63) is 0 Å². The Morgan fingerprint density at radius 3 is 2.71 bits per heavy atom. The lowest BCUT2D eigenvalue weighted by Crippen LogP contribution is -2.41. The van der Waals surface area contributed by atoms with E-state index in [-0.39, 0.29) is 0 Å². The zero-order chi connectivity index (χ0) is 10.6. The first-order chi connectivity index (χ1) is 6.69. The SMILES string of the molecule is CCN1CC(CCO)N(C)CCC1C. The number of hydrogen-bond donors (Lipinski definition) is 1. The number of likely N-dealkylation sites (N-methyl/N-ethyl adjacent to an activating group) is 2. The van der Waals surface area contributed by atoms with Crippen LogP contribution in [0.25, 0.3) is 0 Å². The monoisotopic (exact) mass is 200 g/mol. The van der Waals surface area contributed by atoms with E-state index in [1.165, 1.54) is 6.42 Å². The zero-order valence-corrected chi connectivity index (χ0v) is 9.74. The Morgan fingerprint density at radius 1 is 1.43 bits per heavy atom. The Kier molecular flexibility index (Phi) is 4.85. The lowest BCUT2D eigenvalue weighted by Gasteiger charge is -2.29. The molecule has 1 heterocycles. The third-order valence-electron chi connectivity index (χ3n) is 3.46. The molecule has 3 heteroatoms. The molecule has 1 aliphatic rings. The number of aliphatic hydroxyl groups excluding tert-OH is 1. The van der Waals surface area contributed by atoms with Gasteiger partial charge >= 0.3 is 0 Å². The number of rotatable bonds is 3. The van der Waals surface area contributed by atoms with Gasteiger partial charge in [-0.2, -0.15) is 0 Å². The van der Waals surface area contributed by atoms with Gasteiger partial charge in [-0.05, 0) is 39.9 Å². The molecule has 0 amide bonds. The molecule has 0 aromatic heterocycles. The van der Waals surface area contributed by atoms with Crippen LogP contribution in [0.3, 0.4) is 0 Å². The van der Waals surface area contributed by atoms with Gasteiger partial charge in [0.25, 0.3) is 0 Å². The summed E-state index contributed by atoms with van der Waals surface area (Å²) in [6.07, 6.45) is 2.14. The van der Waals surface area contributed by atoms with Crippen LogP contribution in [-0.2, 0) is 0 Å². The van der Waals surface area contributed by atoms with Gasteiger partial charge in [0, 0.05) is 25.2 Å².